The first-order valence-electron chi connectivity index (χ1n) is 6.64. The summed E-state index contributed by atoms with van der Waals surface area (Å²) in [5.74, 6) is -0.177. The lowest BCUT2D eigenvalue weighted by molar-refractivity contribution is 0.248. The number of nitrogens with zero attached hydrogens (tertiary/aromatic N) is 1. The van der Waals surface area contributed by atoms with E-state index in [-0.39, 0.29) is 5.82 Å². The molecule has 1 atom stereocenters. The van der Waals surface area contributed by atoms with Gasteiger partial charge in [-0.3, -0.25) is 4.90 Å². The van der Waals surface area contributed by atoms with Crippen molar-refractivity contribution < 1.29 is 4.39 Å². The molecule has 0 saturated carbocycles. The molecule has 0 N–H and O–H groups in total. The molecule has 0 fully saturated rings. The Hall–Kier alpha value is -1.67. The van der Waals surface area contributed by atoms with Crippen molar-refractivity contribution in [3.8, 4) is 0 Å². The fourth-order valence-electron chi connectivity index (χ4n) is 2.14. The molecular weight excluding hydrogens is 237 g/mol. The third-order valence-corrected chi connectivity index (χ3v) is 3.47. The van der Waals surface area contributed by atoms with Gasteiger partial charge in [-0.15, -0.1) is 0 Å². The van der Waals surface area contributed by atoms with Crippen LogP contribution in [0.2, 0.25) is 0 Å². The molecule has 2 rings (SSSR count). The predicted octanol–water partition coefficient (Wildman–Crippen LogP) is 3.89. The first-order valence-corrected chi connectivity index (χ1v) is 6.64. The Kier molecular flexibility index (Phi) is 4.69. The summed E-state index contributed by atoms with van der Waals surface area (Å²) in [6.07, 6.45) is 1.03. The van der Waals surface area contributed by atoms with E-state index >= 15 is 0 Å². The highest BCUT2D eigenvalue weighted by Gasteiger charge is 2.10. The molecule has 0 heterocycles. The van der Waals surface area contributed by atoms with Crippen LogP contribution >= 0.6 is 0 Å². The first-order chi connectivity index (χ1) is 9.15. The second-order valence-electron chi connectivity index (χ2n) is 5.08. The minimum absolute atomic E-state index is 0.177. The van der Waals surface area contributed by atoms with E-state index in [2.05, 4.69) is 43.1 Å². The highest BCUT2D eigenvalue weighted by molar-refractivity contribution is 5.17. The summed E-state index contributed by atoms with van der Waals surface area (Å²) in [7, 11) is 2.11. The molecule has 0 aliphatic heterocycles. The summed E-state index contributed by atoms with van der Waals surface area (Å²) in [6.45, 7) is 3.06. The smallest absolute Gasteiger partial charge is 0.123 e. The van der Waals surface area contributed by atoms with Crippen molar-refractivity contribution in [2.45, 2.75) is 25.9 Å². The van der Waals surface area contributed by atoms with E-state index in [0.29, 0.717) is 6.04 Å². The van der Waals surface area contributed by atoms with E-state index in [1.54, 1.807) is 0 Å². The zero-order valence-electron chi connectivity index (χ0n) is 11.5. The number of rotatable bonds is 5. The maximum atomic E-state index is 12.9. The van der Waals surface area contributed by atoms with Crippen LogP contribution in [0.5, 0.6) is 0 Å². The van der Waals surface area contributed by atoms with Gasteiger partial charge in [0.1, 0.15) is 5.82 Å². The molecule has 2 heteroatoms. The zero-order chi connectivity index (χ0) is 13.7. The Balaban J connectivity index is 1.92. The minimum atomic E-state index is -0.177. The van der Waals surface area contributed by atoms with E-state index in [1.807, 2.05) is 18.2 Å². The predicted molar refractivity (Wildman–Crippen MR) is 77.5 cm³/mol. The largest absolute Gasteiger partial charge is 0.299 e. The van der Waals surface area contributed by atoms with Crippen LogP contribution in [0.3, 0.4) is 0 Å². The lowest BCUT2D eigenvalue weighted by Gasteiger charge is -2.25. The number of hydrogen-bond acceptors (Lipinski definition) is 1. The highest BCUT2D eigenvalue weighted by Crippen LogP contribution is 2.11. The van der Waals surface area contributed by atoms with Crippen LogP contribution in [0.15, 0.2) is 54.6 Å². The summed E-state index contributed by atoms with van der Waals surface area (Å²) >= 11 is 0. The maximum Gasteiger partial charge on any atom is 0.123 e. The molecule has 0 spiro atoms. The Labute approximate surface area is 114 Å². The van der Waals surface area contributed by atoms with E-state index in [0.717, 1.165) is 18.5 Å². The maximum absolute atomic E-state index is 12.9. The number of halogens is 1. The summed E-state index contributed by atoms with van der Waals surface area (Å²) < 4.78 is 12.9. The van der Waals surface area contributed by atoms with E-state index < -0.39 is 0 Å². The van der Waals surface area contributed by atoms with Gasteiger partial charge in [0, 0.05) is 12.6 Å². The molecule has 19 heavy (non-hydrogen) atoms. The van der Waals surface area contributed by atoms with Crippen molar-refractivity contribution >= 4 is 0 Å². The summed E-state index contributed by atoms with van der Waals surface area (Å²) in [6, 6.07) is 17.7. The summed E-state index contributed by atoms with van der Waals surface area (Å²) in [5, 5.41) is 0. The van der Waals surface area contributed by atoms with Gasteiger partial charge in [0.25, 0.3) is 0 Å². The summed E-state index contributed by atoms with van der Waals surface area (Å²) in [5.41, 5.74) is 2.49. The van der Waals surface area contributed by atoms with Crippen molar-refractivity contribution in [3.05, 3.63) is 71.5 Å². The van der Waals surface area contributed by atoms with Gasteiger partial charge in [-0.1, -0.05) is 42.5 Å². The van der Waals surface area contributed by atoms with Crippen LogP contribution in [0.4, 0.5) is 4.39 Å². The molecule has 0 aromatic heterocycles. The molecule has 0 aliphatic rings. The average Bonchev–Trinajstić information content (AvgIpc) is 2.42. The Morgan fingerprint density at radius 3 is 2.21 bits per heavy atom. The average molecular weight is 257 g/mol. The van der Waals surface area contributed by atoms with Crippen LogP contribution in [0.1, 0.15) is 18.1 Å². The molecule has 1 unspecified atom stereocenters. The molecule has 2 aromatic rings. The Morgan fingerprint density at radius 2 is 1.58 bits per heavy atom. The van der Waals surface area contributed by atoms with Gasteiger partial charge >= 0.3 is 0 Å². The quantitative estimate of drug-likeness (QED) is 0.785. The van der Waals surface area contributed by atoms with Gasteiger partial charge in [-0.25, -0.2) is 4.39 Å². The van der Waals surface area contributed by atoms with Crippen LogP contribution in [0, 0.1) is 5.82 Å². The van der Waals surface area contributed by atoms with Gasteiger partial charge < -0.3 is 0 Å². The van der Waals surface area contributed by atoms with Crippen molar-refractivity contribution in [2.75, 3.05) is 7.05 Å². The number of likely N-dealkylation sites (N-methyl/N-ethyl adjacent to an activating group) is 1. The summed E-state index contributed by atoms with van der Waals surface area (Å²) in [4.78, 5) is 2.29. The molecule has 0 saturated heterocycles. The molecule has 2 aromatic carbocycles. The van der Waals surface area contributed by atoms with Gasteiger partial charge in [0.2, 0.25) is 0 Å². The highest BCUT2D eigenvalue weighted by atomic mass is 19.1. The lowest BCUT2D eigenvalue weighted by atomic mass is 10.1. The number of hydrogen-bond donors (Lipinski definition) is 0. The topological polar surface area (TPSA) is 3.24 Å². The van der Waals surface area contributed by atoms with E-state index in [9.17, 15) is 4.39 Å². The van der Waals surface area contributed by atoms with Crippen molar-refractivity contribution in [1.29, 1.82) is 0 Å². The molecule has 100 valence electrons. The van der Waals surface area contributed by atoms with Gasteiger partial charge in [-0.2, -0.15) is 0 Å². The van der Waals surface area contributed by atoms with E-state index in [1.165, 1.54) is 17.7 Å². The third kappa shape index (κ3) is 4.18. The lowest BCUT2D eigenvalue weighted by Crippen LogP contribution is -2.30. The molecular formula is C17H20FN. The Bertz CT molecular complexity index is 492. The monoisotopic (exact) mass is 257 g/mol. The van der Waals surface area contributed by atoms with Crippen LogP contribution in [0.25, 0.3) is 0 Å². The Morgan fingerprint density at radius 1 is 0.947 bits per heavy atom. The molecule has 1 nitrogen and oxygen atoms in total. The second kappa shape index (κ2) is 6.48. The van der Waals surface area contributed by atoms with Crippen molar-refractivity contribution in [1.82, 2.24) is 4.90 Å². The normalized spacial score (nSPS) is 12.6. The SMILES string of the molecule is CC(Cc1ccccc1)N(C)Cc1ccc(F)cc1. The fourth-order valence-corrected chi connectivity index (χ4v) is 2.14. The fraction of sp³-hybridized carbons (Fsp3) is 0.294. The van der Waals surface area contributed by atoms with Gasteiger partial charge in [-0.05, 0) is 43.7 Å². The number of benzene rings is 2. The first kappa shape index (κ1) is 13.8. The third-order valence-electron chi connectivity index (χ3n) is 3.47. The standard InChI is InChI=1S/C17H20FN/c1-14(12-15-6-4-3-5-7-15)19(2)13-16-8-10-17(18)11-9-16/h3-11,14H,12-13H2,1-2H3. The van der Waals surface area contributed by atoms with Crippen molar-refractivity contribution in [2.24, 2.45) is 0 Å². The van der Waals surface area contributed by atoms with Crippen LogP contribution < -0.4 is 0 Å². The van der Waals surface area contributed by atoms with Gasteiger partial charge in [0.05, 0.1) is 0 Å². The van der Waals surface area contributed by atoms with Crippen LogP contribution in [-0.4, -0.2) is 18.0 Å². The minimum Gasteiger partial charge on any atom is -0.299 e. The zero-order valence-corrected chi connectivity index (χ0v) is 11.5. The molecule has 0 bridgehead atoms. The molecule has 0 aliphatic carbocycles. The molecule has 0 radical (unpaired) electrons. The van der Waals surface area contributed by atoms with Crippen molar-refractivity contribution in [3.63, 3.8) is 0 Å². The molecule has 0 amide bonds. The van der Waals surface area contributed by atoms with E-state index in [4.69, 9.17) is 0 Å². The van der Waals surface area contributed by atoms with Crippen LogP contribution in [-0.2, 0) is 13.0 Å². The van der Waals surface area contributed by atoms with Gasteiger partial charge in [0.15, 0.2) is 0 Å². The second-order valence-corrected chi connectivity index (χ2v) is 5.08.